The molecule has 3 N–H and O–H groups in total. The van der Waals surface area contributed by atoms with Crippen molar-refractivity contribution >= 4 is 11.6 Å². The van der Waals surface area contributed by atoms with Crippen molar-refractivity contribution in [2.45, 2.75) is 50.2 Å². The summed E-state index contributed by atoms with van der Waals surface area (Å²) in [5.41, 5.74) is -2.09. The molecular weight excluding hydrogens is 448 g/mol. The number of nitrogens with one attached hydrogen (secondary N) is 1. The van der Waals surface area contributed by atoms with E-state index < -0.39 is 54.7 Å². The van der Waals surface area contributed by atoms with E-state index in [-0.39, 0.29) is 28.3 Å². The predicted molar refractivity (Wildman–Crippen MR) is 109 cm³/mol. The van der Waals surface area contributed by atoms with Crippen LogP contribution in [0, 0.1) is 12.7 Å². The molecule has 0 unspecified atom stereocenters. The first-order valence-corrected chi connectivity index (χ1v) is 10.0. The fourth-order valence-electron chi connectivity index (χ4n) is 3.90. The summed E-state index contributed by atoms with van der Waals surface area (Å²) in [6.45, 7) is 1.68. The highest BCUT2D eigenvalue weighted by atomic mass is 19.4. The average Bonchev–Trinajstić information content (AvgIpc) is 3.14. The highest BCUT2D eigenvalue weighted by Gasteiger charge is 2.61. The van der Waals surface area contributed by atoms with E-state index in [1.165, 1.54) is 38.4 Å². The van der Waals surface area contributed by atoms with Crippen LogP contribution in [0.1, 0.15) is 42.2 Å². The summed E-state index contributed by atoms with van der Waals surface area (Å²) in [5, 5.41) is 21.3. The molecule has 0 saturated carbocycles. The molecule has 0 spiro atoms. The van der Waals surface area contributed by atoms with Crippen LogP contribution in [0.15, 0.2) is 30.5 Å². The van der Waals surface area contributed by atoms with Crippen molar-refractivity contribution in [1.29, 1.82) is 0 Å². The molecule has 1 amide bonds. The number of aliphatic hydroxyl groups is 2. The van der Waals surface area contributed by atoms with Gasteiger partial charge in [0, 0.05) is 28.9 Å². The number of aromatic nitrogens is 1. The summed E-state index contributed by atoms with van der Waals surface area (Å²) in [6, 6.07) is 5.06. The van der Waals surface area contributed by atoms with Crippen molar-refractivity contribution in [1.82, 2.24) is 4.98 Å². The average molecular weight is 472 g/mol. The standard InChI is InChI=1S/C22H24F4N2O5/c1-11-15(23)5-4-13(18(11)32-3)14-9-21(2,22(24,25)26)33-19(14)20(31)28-12-6-7-27-16(8-12)17(30)10-29/h4-8,14,17,19,29-30H,9-10H2,1-3H3,(H,27,28,31)/t14-,17+,19+,21+/m0/s1. The Morgan fingerprint density at radius 1 is 1.39 bits per heavy atom. The van der Waals surface area contributed by atoms with Gasteiger partial charge in [-0.2, -0.15) is 13.2 Å². The van der Waals surface area contributed by atoms with Crippen LogP contribution < -0.4 is 10.1 Å². The number of aliphatic hydroxyl groups excluding tert-OH is 2. The van der Waals surface area contributed by atoms with Crippen molar-refractivity contribution < 1.29 is 42.0 Å². The van der Waals surface area contributed by atoms with E-state index in [1.807, 2.05) is 0 Å². The van der Waals surface area contributed by atoms with Gasteiger partial charge in [0.25, 0.3) is 5.91 Å². The van der Waals surface area contributed by atoms with Crippen LogP contribution in [0.25, 0.3) is 0 Å². The highest BCUT2D eigenvalue weighted by Crippen LogP contribution is 2.51. The number of amides is 1. The van der Waals surface area contributed by atoms with Gasteiger partial charge >= 0.3 is 6.18 Å². The fourth-order valence-corrected chi connectivity index (χ4v) is 3.90. The third-order valence-corrected chi connectivity index (χ3v) is 5.76. The molecule has 4 atom stereocenters. The Hall–Kier alpha value is -2.76. The van der Waals surface area contributed by atoms with Gasteiger partial charge in [0.05, 0.1) is 19.4 Å². The van der Waals surface area contributed by atoms with Crippen LogP contribution >= 0.6 is 0 Å². The summed E-state index contributed by atoms with van der Waals surface area (Å²) in [4.78, 5) is 16.9. The van der Waals surface area contributed by atoms with Gasteiger partial charge in [0.15, 0.2) is 5.60 Å². The van der Waals surface area contributed by atoms with Gasteiger partial charge in [-0.25, -0.2) is 4.39 Å². The molecule has 2 heterocycles. The molecule has 1 aliphatic rings. The molecule has 1 saturated heterocycles. The lowest BCUT2D eigenvalue weighted by molar-refractivity contribution is -0.261. The zero-order valence-electron chi connectivity index (χ0n) is 18.1. The Balaban J connectivity index is 1.99. The van der Waals surface area contributed by atoms with Crippen LogP contribution in [0.5, 0.6) is 5.75 Å². The van der Waals surface area contributed by atoms with Crippen LogP contribution in [0.3, 0.4) is 0 Å². The molecule has 11 heteroatoms. The topological polar surface area (TPSA) is 101 Å². The van der Waals surface area contributed by atoms with Crippen molar-refractivity contribution in [3.8, 4) is 5.75 Å². The molecule has 33 heavy (non-hydrogen) atoms. The number of pyridine rings is 1. The summed E-state index contributed by atoms with van der Waals surface area (Å²) >= 11 is 0. The largest absolute Gasteiger partial charge is 0.496 e. The summed E-state index contributed by atoms with van der Waals surface area (Å²) in [6.07, 6.45) is -6.95. The molecule has 1 aliphatic heterocycles. The smallest absolute Gasteiger partial charge is 0.417 e. The number of benzene rings is 1. The minimum atomic E-state index is -4.77. The molecule has 3 rings (SSSR count). The number of nitrogens with zero attached hydrogens (tertiary/aromatic N) is 1. The quantitative estimate of drug-likeness (QED) is 0.558. The number of rotatable bonds is 6. The first-order chi connectivity index (χ1) is 15.4. The summed E-state index contributed by atoms with van der Waals surface area (Å²) < 4.78 is 66.0. The maximum atomic E-state index is 14.0. The maximum absolute atomic E-state index is 14.0. The molecular formula is C22H24F4N2O5. The molecule has 7 nitrogen and oxygen atoms in total. The van der Waals surface area contributed by atoms with E-state index in [2.05, 4.69) is 10.3 Å². The Morgan fingerprint density at radius 3 is 2.70 bits per heavy atom. The van der Waals surface area contributed by atoms with Gasteiger partial charge in [-0.3, -0.25) is 9.78 Å². The van der Waals surface area contributed by atoms with E-state index in [9.17, 15) is 27.5 Å². The molecule has 1 fully saturated rings. The minimum Gasteiger partial charge on any atom is -0.496 e. The Bertz CT molecular complexity index is 1030. The van der Waals surface area contributed by atoms with Gasteiger partial charge in [0.2, 0.25) is 0 Å². The van der Waals surface area contributed by atoms with Gasteiger partial charge in [0.1, 0.15) is 23.8 Å². The van der Waals surface area contributed by atoms with E-state index >= 15 is 0 Å². The predicted octanol–water partition coefficient (Wildman–Crippen LogP) is 3.40. The molecule has 180 valence electrons. The number of alkyl halides is 3. The third kappa shape index (κ3) is 4.80. The minimum absolute atomic E-state index is 0.0464. The Labute approximate surface area is 187 Å². The van der Waals surface area contributed by atoms with Gasteiger partial charge < -0.3 is 25.0 Å². The Kier molecular flexibility index (Phi) is 6.96. The Morgan fingerprint density at radius 2 is 2.09 bits per heavy atom. The third-order valence-electron chi connectivity index (χ3n) is 5.76. The second-order valence-electron chi connectivity index (χ2n) is 8.03. The van der Waals surface area contributed by atoms with Crippen LogP contribution in [-0.4, -0.2) is 52.7 Å². The number of ether oxygens (including phenoxy) is 2. The number of hydrogen-bond acceptors (Lipinski definition) is 6. The van der Waals surface area contributed by atoms with Gasteiger partial charge in [-0.05, 0) is 38.5 Å². The van der Waals surface area contributed by atoms with Crippen molar-refractivity contribution in [3.63, 3.8) is 0 Å². The fraction of sp³-hybridized carbons (Fsp3) is 0.455. The number of carbonyl (C=O) groups excluding carboxylic acids is 1. The first kappa shape index (κ1) is 24.9. The van der Waals surface area contributed by atoms with Gasteiger partial charge in [-0.15, -0.1) is 0 Å². The molecule has 1 aromatic heterocycles. The number of halogens is 4. The van der Waals surface area contributed by atoms with Crippen molar-refractivity contribution in [2.24, 2.45) is 0 Å². The van der Waals surface area contributed by atoms with Crippen molar-refractivity contribution in [2.75, 3.05) is 19.0 Å². The summed E-state index contributed by atoms with van der Waals surface area (Å²) in [5.74, 6) is -2.51. The van der Waals surface area contributed by atoms with E-state index in [4.69, 9.17) is 14.6 Å². The SMILES string of the molecule is COc1c([C@@H]2C[C@](C)(C(F)(F)F)O[C@H]2C(=O)Nc2ccnc([C@H](O)CO)c2)ccc(F)c1C. The van der Waals surface area contributed by atoms with Crippen LogP contribution in [-0.2, 0) is 9.53 Å². The second-order valence-corrected chi connectivity index (χ2v) is 8.03. The first-order valence-electron chi connectivity index (χ1n) is 10.0. The highest BCUT2D eigenvalue weighted by molar-refractivity contribution is 5.95. The van der Waals surface area contributed by atoms with Crippen LogP contribution in [0.4, 0.5) is 23.2 Å². The number of methoxy groups -OCH3 is 1. The maximum Gasteiger partial charge on any atom is 0.417 e. The molecule has 0 bridgehead atoms. The monoisotopic (exact) mass is 472 g/mol. The lowest BCUT2D eigenvalue weighted by Gasteiger charge is -2.27. The lowest BCUT2D eigenvalue weighted by Crippen LogP contribution is -2.43. The lowest BCUT2D eigenvalue weighted by atomic mass is 9.85. The molecule has 0 radical (unpaired) electrons. The molecule has 0 aliphatic carbocycles. The molecule has 1 aromatic carbocycles. The normalized spacial score (nSPS) is 23.9. The second kappa shape index (κ2) is 9.24. The number of carbonyl (C=O) groups is 1. The number of anilines is 1. The van der Waals surface area contributed by atoms with E-state index in [0.29, 0.717) is 0 Å². The van der Waals surface area contributed by atoms with Crippen molar-refractivity contribution in [3.05, 3.63) is 53.1 Å². The van der Waals surface area contributed by atoms with E-state index in [1.54, 1.807) is 0 Å². The van der Waals surface area contributed by atoms with E-state index in [0.717, 1.165) is 13.0 Å². The zero-order chi connectivity index (χ0) is 24.6. The van der Waals surface area contributed by atoms with Crippen LogP contribution in [0.2, 0.25) is 0 Å². The van der Waals surface area contributed by atoms with Gasteiger partial charge in [-0.1, -0.05) is 6.07 Å². The zero-order valence-corrected chi connectivity index (χ0v) is 18.1. The number of hydrogen-bond donors (Lipinski definition) is 3. The molecule has 2 aromatic rings. The summed E-state index contributed by atoms with van der Waals surface area (Å²) in [7, 11) is 1.27.